The Kier molecular flexibility index (Phi) is 7.09. The van der Waals surface area contributed by atoms with E-state index in [4.69, 9.17) is 5.11 Å². The number of likely N-dealkylation sites (N-methyl/N-ethyl adjacent to an activating group) is 1. The van der Waals surface area contributed by atoms with Crippen molar-refractivity contribution < 1.29 is 5.11 Å². The SMILES string of the molecule is CC(C)[C@H]1[C@H](c2ccccc2)[C@@H](c2ccccc2)[C@@H](CCCCCO)N1C. The number of benzene rings is 2. The Balaban J connectivity index is 1.98. The van der Waals surface area contributed by atoms with Crippen LogP contribution in [0.4, 0.5) is 0 Å². The molecule has 146 valence electrons. The maximum Gasteiger partial charge on any atom is 0.0431 e. The number of nitrogens with zero attached hydrogens (tertiary/aromatic N) is 1. The van der Waals surface area contributed by atoms with Gasteiger partial charge in [-0.3, -0.25) is 4.90 Å². The van der Waals surface area contributed by atoms with Crippen LogP contribution in [0.2, 0.25) is 0 Å². The molecular formula is C25H35NO. The van der Waals surface area contributed by atoms with Gasteiger partial charge in [-0.1, -0.05) is 87.4 Å². The van der Waals surface area contributed by atoms with Crippen molar-refractivity contribution in [3.05, 3.63) is 71.8 Å². The van der Waals surface area contributed by atoms with Gasteiger partial charge in [0, 0.05) is 30.5 Å². The van der Waals surface area contributed by atoms with E-state index in [9.17, 15) is 0 Å². The number of unbranched alkanes of at least 4 members (excludes halogenated alkanes) is 2. The Morgan fingerprint density at radius 1 is 0.815 bits per heavy atom. The zero-order chi connectivity index (χ0) is 19.2. The molecule has 1 aliphatic rings. The van der Waals surface area contributed by atoms with Gasteiger partial charge in [0.25, 0.3) is 0 Å². The van der Waals surface area contributed by atoms with E-state index < -0.39 is 0 Å². The van der Waals surface area contributed by atoms with Gasteiger partial charge in [-0.2, -0.15) is 0 Å². The third-order valence-corrected chi connectivity index (χ3v) is 6.37. The molecule has 0 radical (unpaired) electrons. The zero-order valence-corrected chi connectivity index (χ0v) is 17.1. The highest BCUT2D eigenvalue weighted by molar-refractivity contribution is 5.35. The number of hydrogen-bond acceptors (Lipinski definition) is 2. The molecule has 1 N–H and O–H groups in total. The van der Waals surface area contributed by atoms with Crippen LogP contribution in [0, 0.1) is 5.92 Å². The average molecular weight is 366 g/mol. The van der Waals surface area contributed by atoms with Crippen LogP contribution in [0.3, 0.4) is 0 Å². The molecule has 0 aromatic heterocycles. The molecule has 0 saturated carbocycles. The van der Waals surface area contributed by atoms with Crippen LogP contribution in [-0.4, -0.2) is 35.7 Å². The van der Waals surface area contributed by atoms with E-state index in [-0.39, 0.29) is 0 Å². The lowest BCUT2D eigenvalue weighted by Gasteiger charge is -2.31. The minimum Gasteiger partial charge on any atom is -0.396 e. The summed E-state index contributed by atoms with van der Waals surface area (Å²) in [4.78, 5) is 2.67. The fraction of sp³-hybridized carbons (Fsp3) is 0.520. The van der Waals surface area contributed by atoms with Crippen molar-refractivity contribution >= 4 is 0 Å². The first-order valence-electron chi connectivity index (χ1n) is 10.6. The fourth-order valence-corrected chi connectivity index (χ4v) is 5.27. The first-order valence-corrected chi connectivity index (χ1v) is 10.6. The van der Waals surface area contributed by atoms with Crippen LogP contribution in [0.5, 0.6) is 0 Å². The Morgan fingerprint density at radius 2 is 1.37 bits per heavy atom. The van der Waals surface area contributed by atoms with Crippen LogP contribution in [0.25, 0.3) is 0 Å². The van der Waals surface area contributed by atoms with E-state index in [0.717, 1.165) is 12.8 Å². The third kappa shape index (κ3) is 4.44. The molecule has 1 aliphatic heterocycles. The molecule has 1 fully saturated rings. The lowest BCUT2D eigenvalue weighted by atomic mass is 9.74. The highest BCUT2D eigenvalue weighted by atomic mass is 16.2. The average Bonchev–Trinajstić information content (AvgIpc) is 2.99. The Labute approximate surface area is 165 Å². The van der Waals surface area contributed by atoms with Gasteiger partial charge in [-0.15, -0.1) is 0 Å². The summed E-state index contributed by atoms with van der Waals surface area (Å²) >= 11 is 0. The minimum atomic E-state index is 0.309. The summed E-state index contributed by atoms with van der Waals surface area (Å²) in [5, 5.41) is 9.14. The molecule has 0 bridgehead atoms. The lowest BCUT2D eigenvalue weighted by molar-refractivity contribution is 0.180. The first kappa shape index (κ1) is 20.1. The Morgan fingerprint density at radius 3 is 1.89 bits per heavy atom. The second kappa shape index (κ2) is 9.52. The number of rotatable bonds is 8. The molecule has 0 spiro atoms. The Hall–Kier alpha value is -1.64. The number of likely N-dealkylation sites (tertiary alicyclic amines) is 1. The second-order valence-electron chi connectivity index (χ2n) is 8.41. The number of aliphatic hydroxyl groups is 1. The summed E-state index contributed by atoms with van der Waals surface area (Å²) in [6.45, 7) is 5.05. The van der Waals surface area contributed by atoms with Gasteiger partial charge < -0.3 is 5.11 Å². The highest BCUT2D eigenvalue weighted by Gasteiger charge is 2.48. The number of hydrogen-bond donors (Lipinski definition) is 1. The first-order chi connectivity index (χ1) is 13.1. The largest absolute Gasteiger partial charge is 0.396 e. The van der Waals surface area contributed by atoms with E-state index in [1.807, 2.05) is 0 Å². The van der Waals surface area contributed by atoms with Gasteiger partial charge in [0.1, 0.15) is 0 Å². The lowest BCUT2D eigenvalue weighted by Crippen LogP contribution is -2.37. The van der Waals surface area contributed by atoms with Crippen LogP contribution in [0.1, 0.15) is 62.5 Å². The molecule has 2 aromatic carbocycles. The zero-order valence-electron chi connectivity index (χ0n) is 17.1. The van der Waals surface area contributed by atoms with Crippen molar-refractivity contribution in [3.8, 4) is 0 Å². The molecule has 1 saturated heterocycles. The quantitative estimate of drug-likeness (QED) is 0.629. The summed E-state index contributed by atoms with van der Waals surface area (Å²) in [6.07, 6.45) is 4.42. The maximum absolute atomic E-state index is 9.14. The molecule has 3 rings (SSSR count). The third-order valence-electron chi connectivity index (χ3n) is 6.37. The van der Waals surface area contributed by atoms with Gasteiger partial charge in [0.05, 0.1) is 0 Å². The maximum atomic E-state index is 9.14. The predicted molar refractivity (Wildman–Crippen MR) is 114 cm³/mol. The van der Waals surface area contributed by atoms with E-state index in [1.54, 1.807) is 0 Å². The van der Waals surface area contributed by atoms with E-state index in [2.05, 4.69) is 86.5 Å². The molecule has 27 heavy (non-hydrogen) atoms. The number of aliphatic hydroxyl groups excluding tert-OH is 1. The molecule has 0 unspecified atom stereocenters. The molecule has 1 heterocycles. The van der Waals surface area contributed by atoms with Gasteiger partial charge >= 0.3 is 0 Å². The van der Waals surface area contributed by atoms with Gasteiger partial charge in [-0.25, -0.2) is 0 Å². The fourth-order valence-electron chi connectivity index (χ4n) is 5.27. The van der Waals surface area contributed by atoms with Crippen molar-refractivity contribution in [2.24, 2.45) is 5.92 Å². The summed E-state index contributed by atoms with van der Waals surface area (Å²) in [5.74, 6) is 1.63. The summed E-state index contributed by atoms with van der Waals surface area (Å²) in [7, 11) is 2.33. The van der Waals surface area contributed by atoms with Crippen molar-refractivity contribution in [1.29, 1.82) is 0 Å². The van der Waals surface area contributed by atoms with Gasteiger partial charge in [0.2, 0.25) is 0 Å². The standard InChI is InChI=1S/C25H35NO/c1-19(2)25-24(21-15-9-5-10-16-21)23(20-13-7-4-8-14-20)22(26(25)3)17-11-6-12-18-27/h4-5,7-10,13-16,19,22-25,27H,6,11-12,17-18H2,1-3H3/t22-,23+,24-,25+/m1/s1. The van der Waals surface area contributed by atoms with Gasteiger partial charge in [0.15, 0.2) is 0 Å². The highest BCUT2D eigenvalue weighted by Crippen LogP contribution is 2.50. The second-order valence-corrected chi connectivity index (χ2v) is 8.41. The predicted octanol–water partition coefficient (Wildman–Crippen LogP) is 5.45. The summed E-state index contributed by atoms with van der Waals surface area (Å²) in [5.41, 5.74) is 2.93. The molecule has 2 aromatic rings. The van der Waals surface area contributed by atoms with E-state index in [1.165, 1.54) is 24.0 Å². The summed E-state index contributed by atoms with van der Waals surface area (Å²) < 4.78 is 0. The Bertz CT molecular complexity index is 669. The smallest absolute Gasteiger partial charge is 0.0431 e. The minimum absolute atomic E-state index is 0.309. The summed E-state index contributed by atoms with van der Waals surface area (Å²) in [6, 6.07) is 23.3. The van der Waals surface area contributed by atoms with E-state index in [0.29, 0.717) is 36.4 Å². The van der Waals surface area contributed by atoms with Crippen molar-refractivity contribution in [3.63, 3.8) is 0 Å². The van der Waals surface area contributed by atoms with Crippen LogP contribution in [-0.2, 0) is 0 Å². The van der Waals surface area contributed by atoms with Crippen molar-refractivity contribution in [1.82, 2.24) is 4.90 Å². The van der Waals surface area contributed by atoms with Crippen LogP contribution in [0.15, 0.2) is 60.7 Å². The topological polar surface area (TPSA) is 23.5 Å². The molecule has 2 heteroatoms. The normalized spacial score (nSPS) is 26.0. The molecule has 4 atom stereocenters. The van der Waals surface area contributed by atoms with Gasteiger partial charge in [-0.05, 0) is 36.9 Å². The molecule has 0 amide bonds. The van der Waals surface area contributed by atoms with Crippen LogP contribution >= 0.6 is 0 Å². The van der Waals surface area contributed by atoms with Crippen molar-refractivity contribution in [2.75, 3.05) is 13.7 Å². The molecular weight excluding hydrogens is 330 g/mol. The van der Waals surface area contributed by atoms with Crippen molar-refractivity contribution in [2.45, 2.75) is 63.5 Å². The molecule has 0 aliphatic carbocycles. The van der Waals surface area contributed by atoms with Crippen LogP contribution < -0.4 is 0 Å². The van der Waals surface area contributed by atoms with E-state index >= 15 is 0 Å². The monoisotopic (exact) mass is 365 g/mol. The molecule has 2 nitrogen and oxygen atoms in total.